The van der Waals surface area contributed by atoms with E-state index in [9.17, 15) is 18.0 Å². The number of ether oxygens (including phenoxy) is 1. The van der Waals surface area contributed by atoms with Gasteiger partial charge in [0.15, 0.2) is 0 Å². The number of rotatable bonds is 7. The van der Waals surface area contributed by atoms with E-state index < -0.39 is 11.7 Å². The molecule has 0 saturated heterocycles. The van der Waals surface area contributed by atoms with Gasteiger partial charge in [-0.15, -0.1) is 0 Å². The standard InChI is InChI=1S/C21H23F3O2/c1-3-5-6-7-8-17-18(19(17)20(25)26-4-2)14-11-15-9-12-16(13-10-15)21(22,23)24/h9-10,12-13,19H,3-8H2,1-2H3. The van der Waals surface area contributed by atoms with Gasteiger partial charge >= 0.3 is 12.1 Å². The molecule has 0 aromatic heterocycles. The van der Waals surface area contributed by atoms with Gasteiger partial charge in [0.05, 0.1) is 12.2 Å². The third kappa shape index (κ3) is 5.39. The summed E-state index contributed by atoms with van der Waals surface area (Å²) in [6.45, 7) is 4.21. The van der Waals surface area contributed by atoms with Crippen LogP contribution >= 0.6 is 0 Å². The Kier molecular flexibility index (Phi) is 6.90. The Hall–Kier alpha value is -2.22. The number of carbonyl (C=O) groups is 1. The molecule has 26 heavy (non-hydrogen) atoms. The van der Waals surface area contributed by atoms with E-state index in [0.717, 1.165) is 55.4 Å². The normalized spacial score (nSPS) is 16.1. The highest BCUT2D eigenvalue weighted by molar-refractivity contribution is 5.88. The van der Waals surface area contributed by atoms with E-state index in [1.165, 1.54) is 12.1 Å². The van der Waals surface area contributed by atoms with Crippen molar-refractivity contribution in [2.45, 2.75) is 52.1 Å². The molecule has 0 radical (unpaired) electrons. The fourth-order valence-corrected chi connectivity index (χ4v) is 2.81. The van der Waals surface area contributed by atoms with Crippen LogP contribution in [0.4, 0.5) is 13.2 Å². The first-order valence-electron chi connectivity index (χ1n) is 8.97. The van der Waals surface area contributed by atoms with E-state index in [-0.39, 0.29) is 11.9 Å². The molecule has 0 saturated carbocycles. The Balaban J connectivity index is 2.07. The summed E-state index contributed by atoms with van der Waals surface area (Å²) in [6.07, 6.45) is 0.872. The smallest absolute Gasteiger partial charge is 0.416 e. The van der Waals surface area contributed by atoms with Crippen LogP contribution in [0.15, 0.2) is 35.4 Å². The van der Waals surface area contributed by atoms with Crippen molar-refractivity contribution >= 4 is 5.97 Å². The number of benzene rings is 1. The second-order valence-corrected chi connectivity index (χ2v) is 6.26. The Morgan fingerprint density at radius 3 is 2.35 bits per heavy atom. The summed E-state index contributed by atoms with van der Waals surface area (Å²) in [5, 5.41) is 0. The SMILES string of the molecule is CCCCCCC1=C(C#Cc2ccc(C(F)(F)F)cc2)C1C(=O)OCC. The highest BCUT2D eigenvalue weighted by Crippen LogP contribution is 2.43. The van der Waals surface area contributed by atoms with Crippen LogP contribution < -0.4 is 0 Å². The number of carbonyl (C=O) groups excluding carboxylic acids is 1. The molecule has 0 N–H and O–H groups in total. The average molecular weight is 364 g/mol. The van der Waals surface area contributed by atoms with Gasteiger partial charge in [-0.1, -0.05) is 38.0 Å². The fourth-order valence-electron chi connectivity index (χ4n) is 2.81. The first kappa shape index (κ1) is 20.1. The van der Waals surface area contributed by atoms with Gasteiger partial charge in [-0.2, -0.15) is 13.2 Å². The van der Waals surface area contributed by atoms with Gasteiger partial charge in [-0.25, -0.2) is 0 Å². The zero-order valence-corrected chi connectivity index (χ0v) is 15.1. The predicted octanol–water partition coefficient (Wildman–Crippen LogP) is 5.52. The van der Waals surface area contributed by atoms with Crippen LogP contribution in [0, 0.1) is 17.8 Å². The third-order valence-electron chi connectivity index (χ3n) is 4.28. The Bertz CT molecular complexity index is 718. The highest BCUT2D eigenvalue weighted by Gasteiger charge is 2.42. The van der Waals surface area contributed by atoms with Crippen molar-refractivity contribution in [3.8, 4) is 11.8 Å². The van der Waals surface area contributed by atoms with Crippen molar-refractivity contribution in [1.82, 2.24) is 0 Å². The molecular formula is C21H23F3O2. The molecule has 1 aliphatic carbocycles. The van der Waals surface area contributed by atoms with Gasteiger partial charge in [0, 0.05) is 11.1 Å². The van der Waals surface area contributed by atoms with Crippen molar-refractivity contribution < 1.29 is 22.7 Å². The lowest BCUT2D eigenvalue weighted by molar-refractivity contribution is -0.144. The number of unbranched alkanes of at least 4 members (excludes halogenated alkanes) is 3. The van der Waals surface area contributed by atoms with Crippen molar-refractivity contribution in [3.05, 3.63) is 46.5 Å². The average Bonchev–Trinajstić information content (AvgIpc) is 3.30. The summed E-state index contributed by atoms with van der Waals surface area (Å²) >= 11 is 0. The highest BCUT2D eigenvalue weighted by atomic mass is 19.4. The number of hydrogen-bond acceptors (Lipinski definition) is 2. The number of hydrogen-bond donors (Lipinski definition) is 0. The zero-order chi connectivity index (χ0) is 19.2. The summed E-state index contributed by atoms with van der Waals surface area (Å²) in [5.74, 6) is 5.17. The number of halogens is 3. The Labute approximate surface area is 152 Å². The lowest BCUT2D eigenvalue weighted by Gasteiger charge is -2.05. The molecule has 1 aliphatic rings. The molecular weight excluding hydrogens is 341 g/mol. The van der Waals surface area contributed by atoms with Crippen LogP contribution in [0.5, 0.6) is 0 Å². The summed E-state index contributed by atoms with van der Waals surface area (Å²) < 4.78 is 42.8. The van der Waals surface area contributed by atoms with Crippen LogP contribution in [0.25, 0.3) is 0 Å². The second-order valence-electron chi connectivity index (χ2n) is 6.26. The molecule has 2 nitrogen and oxygen atoms in total. The molecule has 1 aromatic carbocycles. The Morgan fingerprint density at radius 2 is 1.77 bits per heavy atom. The zero-order valence-electron chi connectivity index (χ0n) is 15.1. The lowest BCUT2D eigenvalue weighted by atomic mass is 10.1. The second kappa shape index (κ2) is 8.93. The molecule has 5 heteroatoms. The van der Waals surface area contributed by atoms with Crippen molar-refractivity contribution in [2.24, 2.45) is 5.92 Å². The molecule has 0 aliphatic heterocycles. The van der Waals surface area contributed by atoms with Gasteiger partial charge in [-0.3, -0.25) is 4.79 Å². The molecule has 2 rings (SSSR count). The molecule has 0 spiro atoms. The molecule has 1 aromatic rings. The number of esters is 1. The molecule has 0 bridgehead atoms. The molecule has 0 fully saturated rings. The van der Waals surface area contributed by atoms with Crippen molar-refractivity contribution in [3.63, 3.8) is 0 Å². The minimum atomic E-state index is -4.36. The number of alkyl halides is 3. The maximum absolute atomic E-state index is 12.6. The maximum Gasteiger partial charge on any atom is 0.416 e. The van der Waals surface area contributed by atoms with Crippen molar-refractivity contribution in [1.29, 1.82) is 0 Å². The van der Waals surface area contributed by atoms with E-state index >= 15 is 0 Å². The first-order valence-corrected chi connectivity index (χ1v) is 8.97. The first-order chi connectivity index (χ1) is 12.4. The summed E-state index contributed by atoms with van der Waals surface area (Å²) in [4.78, 5) is 12.0. The van der Waals surface area contributed by atoms with E-state index in [1.54, 1.807) is 6.92 Å². The quantitative estimate of drug-likeness (QED) is 0.362. The van der Waals surface area contributed by atoms with E-state index in [1.807, 2.05) is 0 Å². The lowest BCUT2D eigenvalue weighted by Crippen LogP contribution is -2.09. The molecule has 140 valence electrons. The molecule has 0 heterocycles. The Morgan fingerprint density at radius 1 is 1.08 bits per heavy atom. The summed E-state index contributed by atoms with van der Waals surface area (Å²) in [5.41, 5.74) is 1.57. The van der Waals surface area contributed by atoms with Gasteiger partial charge in [0.25, 0.3) is 0 Å². The van der Waals surface area contributed by atoms with Crippen LogP contribution in [-0.2, 0) is 15.7 Å². The summed E-state index contributed by atoms with van der Waals surface area (Å²) in [7, 11) is 0. The van der Waals surface area contributed by atoms with Crippen LogP contribution in [-0.4, -0.2) is 12.6 Å². The third-order valence-corrected chi connectivity index (χ3v) is 4.28. The molecule has 1 unspecified atom stereocenters. The van der Waals surface area contributed by atoms with Gasteiger partial charge < -0.3 is 4.74 Å². The monoisotopic (exact) mass is 364 g/mol. The minimum absolute atomic E-state index is 0.283. The largest absolute Gasteiger partial charge is 0.465 e. The molecule has 0 amide bonds. The van der Waals surface area contributed by atoms with Crippen LogP contribution in [0.2, 0.25) is 0 Å². The molecule has 1 atom stereocenters. The maximum atomic E-state index is 12.6. The topological polar surface area (TPSA) is 26.3 Å². The summed E-state index contributed by atoms with van der Waals surface area (Å²) in [6, 6.07) is 4.72. The minimum Gasteiger partial charge on any atom is -0.465 e. The van der Waals surface area contributed by atoms with Gasteiger partial charge in [0.2, 0.25) is 0 Å². The van der Waals surface area contributed by atoms with Crippen LogP contribution in [0.3, 0.4) is 0 Å². The van der Waals surface area contributed by atoms with Crippen molar-refractivity contribution in [2.75, 3.05) is 6.61 Å². The predicted molar refractivity (Wildman–Crippen MR) is 94.2 cm³/mol. The van der Waals surface area contributed by atoms with Crippen LogP contribution in [0.1, 0.15) is 57.1 Å². The van der Waals surface area contributed by atoms with Gasteiger partial charge in [0.1, 0.15) is 5.92 Å². The van der Waals surface area contributed by atoms with E-state index in [4.69, 9.17) is 4.74 Å². The van der Waals surface area contributed by atoms with E-state index in [0.29, 0.717) is 12.2 Å². The van der Waals surface area contributed by atoms with E-state index in [2.05, 4.69) is 18.8 Å². The fraction of sp³-hybridized carbons (Fsp3) is 0.476. The van der Waals surface area contributed by atoms with Gasteiger partial charge in [-0.05, 0) is 49.6 Å².